The molecule has 0 bridgehead atoms. The number of carbonyl (C=O) groups excluding carboxylic acids is 4. The molecule has 9 nitrogen and oxygen atoms in total. The maximum atomic E-state index is 12.8. The van der Waals surface area contributed by atoms with Crippen LogP contribution in [0.3, 0.4) is 0 Å². The Morgan fingerprint density at radius 3 is 2.51 bits per heavy atom. The van der Waals surface area contributed by atoms with Crippen LogP contribution in [0.15, 0.2) is 59.6 Å². The number of benzene rings is 2. The summed E-state index contributed by atoms with van der Waals surface area (Å²) in [6, 6.07) is 14.1. The maximum absolute atomic E-state index is 12.8. The van der Waals surface area contributed by atoms with Gasteiger partial charge in [0.2, 0.25) is 11.8 Å². The van der Waals surface area contributed by atoms with E-state index < -0.39 is 23.1 Å². The number of nitrogens with two attached hydrogens (primary N) is 1. The van der Waals surface area contributed by atoms with Gasteiger partial charge in [0.1, 0.15) is 11.3 Å². The summed E-state index contributed by atoms with van der Waals surface area (Å²) < 4.78 is 0. The van der Waals surface area contributed by atoms with Crippen molar-refractivity contribution in [3.8, 4) is 0 Å². The van der Waals surface area contributed by atoms with E-state index in [0.29, 0.717) is 16.4 Å². The molecule has 2 aromatic carbocycles. The Kier molecular flexibility index (Phi) is 7.81. The third-order valence-electron chi connectivity index (χ3n) is 5.83. The summed E-state index contributed by atoms with van der Waals surface area (Å²) in [5, 5.41) is 5.53. The molecule has 2 aliphatic heterocycles. The Balaban J connectivity index is 1.35. The number of hydrogen-bond acceptors (Lipinski definition) is 6. The molecule has 0 saturated carbocycles. The molecule has 0 aromatic heterocycles. The summed E-state index contributed by atoms with van der Waals surface area (Å²) in [6.45, 7) is 1.77. The van der Waals surface area contributed by atoms with Gasteiger partial charge >= 0.3 is 0 Å². The van der Waals surface area contributed by atoms with Crippen LogP contribution in [0.25, 0.3) is 0 Å². The van der Waals surface area contributed by atoms with E-state index in [9.17, 15) is 19.2 Å². The molecular formula is C25H27N5O4S. The van der Waals surface area contributed by atoms with Gasteiger partial charge in [0.05, 0.1) is 0 Å². The highest BCUT2D eigenvalue weighted by Gasteiger charge is 2.33. The van der Waals surface area contributed by atoms with Gasteiger partial charge in [-0.05, 0) is 43.0 Å². The number of nitrogens with one attached hydrogen (secondary N) is 2. The number of hydrogen-bond donors (Lipinski definition) is 3. The van der Waals surface area contributed by atoms with E-state index in [1.807, 2.05) is 0 Å². The zero-order valence-electron chi connectivity index (χ0n) is 19.1. The Morgan fingerprint density at radius 2 is 1.80 bits per heavy atom. The van der Waals surface area contributed by atoms with Gasteiger partial charge in [0.15, 0.2) is 5.17 Å². The summed E-state index contributed by atoms with van der Waals surface area (Å²) in [4.78, 5) is 55.9. The largest absolute Gasteiger partial charge is 0.368 e. The molecule has 0 spiro atoms. The number of nitrogens with zero attached hydrogens (tertiary/aromatic N) is 2. The third kappa shape index (κ3) is 6.27. The summed E-state index contributed by atoms with van der Waals surface area (Å²) in [6.07, 6.45) is 3.32. The lowest BCUT2D eigenvalue weighted by atomic mass is 10.1. The number of primary amides is 1. The van der Waals surface area contributed by atoms with Crippen molar-refractivity contribution in [2.45, 2.75) is 37.0 Å². The SMILES string of the molecule is NC(=O)[C@@H](NC(=O)c1cccc(NC(=O)C[C@H]2SC(N3CCCCC3)=NC2=O)c1)c1ccccc1. The van der Waals surface area contributed by atoms with Crippen LogP contribution < -0.4 is 16.4 Å². The smallest absolute Gasteiger partial charge is 0.262 e. The van der Waals surface area contributed by atoms with Crippen molar-refractivity contribution < 1.29 is 19.2 Å². The van der Waals surface area contributed by atoms with Crippen LogP contribution in [0.2, 0.25) is 0 Å². The third-order valence-corrected chi connectivity index (χ3v) is 7.04. The number of thioether (sulfide) groups is 1. The Hall–Kier alpha value is -3.66. The van der Waals surface area contributed by atoms with E-state index in [1.54, 1.807) is 48.5 Å². The first-order chi connectivity index (χ1) is 16.9. The zero-order valence-corrected chi connectivity index (χ0v) is 19.9. The summed E-state index contributed by atoms with van der Waals surface area (Å²) >= 11 is 1.34. The standard InChI is InChI=1S/C25H27N5O4S/c26-22(32)21(16-8-3-1-4-9-16)28-23(33)17-10-7-11-18(14-17)27-20(31)15-19-24(34)29-25(35-19)30-12-5-2-6-13-30/h1,3-4,7-11,14,19,21H,2,5-6,12-13,15H2,(H2,26,32)(H,27,31)(H,28,33)/t19-,21+/m1/s1. The van der Waals surface area contributed by atoms with Crippen LogP contribution >= 0.6 is 11.8 Å². The number of amidine groups is 1. The van der Waals surface area contributed by atoms with Gasteiger partial charge in [-0.2, -0.15) is 4.99 Å². The molecule has 2 atom stereocenters. The predicted octanol–water partition coefficient (Wildman–Crippen LogP) is 2.46. The fourth-order valence-electron chi connectivity index (χ4n) is 4.03. The van der Waals surface area contributed by atoms with Gasteiger partial charge < -0.3 is 21.3 Å². The van der Waals surface area contributed by atoms with Crippen molar-refractivity contribution in [1.29, 1.82) is 0 Å². The molecular weight excluding hydrogens is 466 g/mol. The molecule has 4 amide bonds. The maximum Gasteiger partial charge on any atom is 0.262 e. The Labute approximate surface area is 207 Å². The average Bonchev–Trinajstić information content (AvgIpc) is 3.23. The molecule has 0 radical (unpaired) electrons. The van der Waals surface area contributed by atoms with E-state index in [0.717, 1.165) is 25.9 Å². The molecule has 2 aliphatic rings. The molecule has 1 saturated heterocycles. The van der Waals surface area contributed by atoms with Crippen molar-refractivity contribution in [2.75, 3.05) is 18.4 Å². The second-order valence-electron chi connectivity index (χ2n) is 8.44. The van der Waals surface area contributed by atoms with Crippen LogP contribution in [0.5, 0.6) is 0 Å². The monoisotopic (exact) mass is 493 g/mol. The second-order valence-corrected chi connectivity index (χ2v) is 9.61. The Bertz CT molecular complexity index is 1150. The number of aliphatic imine (C=N–C) groups is 1. The minimum atomic E-state index is -0.985. The Morgan fingerprint density at radius 1 is 1.06 bits per heavy atom. The number of rotatable bonds is 7. The molecule has 10 heteroatoms. The first kappa shape index (κ1) is 24.5. The van der Waals surface area contributed by atoms with Crippen LogP contribution in [0.4, 0.5) is 5.69 Å². The van der Waals surface area contributed by atoms with Gasteiger partial charge in [-0.15, -0.1) is 0 Å². The first-order valence-electron chi connectivity index (χ1n) is 11.5. The molecule has 0 unspecified atom stereocenters. The number of carbonyl (C=O) groups is 4. The molecule has 182 valence electrons. The molecule has 35 heavy (non-hydrogen) atoms. The van der Waals surface area contributed by atoms with Gasteiger partial charge in [-0.25, -0.2) is 0 Å². The fourth-order valence-corrected chi connectivity index (χ4v) is 5.14. The molecule has 0 aliphatic carbocycles. The van der Waals surface area contributed by atoms with Gasteiger partial charge in [-0.3, -0.25) is 19.2 Å². The van der Waals surface area contributed by atoms with Crippen LogP contribution in [0, 0.1) is 0 Å². The predicted molar refractivity (Wildman–Crippen MR) is 135 cm³/mol. The van der Waals surface area contributed by atoms with Gasteiger partial charge in [0, 0.05) is 30.8 Å². The number of anilines is 1. The molecule has 4 N–H and O–H groups in total. The van der Waals surface area contributed by atoms with Crippen molar-refractivity contribution in [3.63, 3.8) is 0 Å². The fraction of sp³-hybridized carbons (Fsp3) is 0.320. The highest BCUT2D eigenvalue weighted by molar-refractivity contribution is 8.15. The quantitative estimate of drug-likeness (QED) is 0.543. The van der Waals surface area contributed by atoms with E-state index in [4.69, 9.17) is 5.73 Å². The van der Waals surface area contributed by atoms with E-state index in [2.05, 4.69) is 20.5 Å². The molecule has 2 heterocycles. The summed E-state index contributed by atoms with van der Waals surface area (Å²) in [5.41, 5.74) is 6.72. The summed E-state index contributed by atoms with van der Waals surface area (Å²) in [5.74, 6) is -1.83. The lowest BCUT2D eigenvalue weighted by molar-refractivity contribution is -0.121. The highest BCUT2D eigenvalue weighted by Crippen LogP contribution is 2.29. The number of piperidine rings is 1. The lowest BCUT2D eigenvalue weighted by Gasteiger charge is -2.27. The number of amides is 4. The van der Waals surface area contributed by atoms with Gasteiger partial charge in [-0.1, -0.05) is 48.2 Å². The second kappa shape index (κ2) is 11.2. The van der Waals surface area contributed by atoms with Crippen molar-refractivity contribution >= 4 is 46.2 Å². The number of likely N-dealkylation sites (tertiary alicyclic amines) is 1. The first-order valence-corrected chi connectivity index (χ1v) is 12.4. The summed E-state index contributed by atoms with van der Waals surface area (Å²) in [7, 11) is 0. The van der Waals surface area contributed by atoms with E-state index >= 15 is 0 Å². The van der Waals surface area contributed by atoms with Gasteiger partial charge in [0.25, 0.3) is 11.8 Å². The van der Waals surface area contributed by atoms with Crippen LogP contribution in [-0.4, -0.2) is 52.0 Å². The van der Waals surface area contributed by atoms with Crippen LogP contribution in [0.1, 0.15) is 47.6 Å². The highest BCUT2D eigenvalue weighted by atomic mass is 32.2. The van der Waals surface area contributed by atoms with Crippen molar-refractivity contribution in [2.24, 2.45) is 10.7 Å². The van der Waals surface area contributed by atoms with Crippen molar-refractivity contribution in [3.05, 3.63) is 65.7 Å². The van der Waals surface area contributed by atoms with E-state index in [1.165, 1.54) is 24.2 Å². The topological polar surface area (TPSA) is 134 Å². The van der Waals surface area contributed by atoms with Crippen LogP contribution in [-0.2, 0) is 14.4 Å². The zero-order chi connectivity index (χ0) is 24.8. The molecule has 2 aromatic rings. The minimum absolute atomic E-state index is 0.0154. The molecule has 4 rings (SSSR count). The normalized spacial score (nSPS) is 18.5. The van der Waals surface area contributed by atoms with E-state index in [-0.39, 0.29) is 23.8 Å². The lowest BCUT2D eigenvalue weighted by Crippen LogP contribution is -2.37. The molecule has 1 fully saturated rings. The average molecular weight is 494 g/mol. The van der Waals surface area contributed by atoms with Crippen molar-refractivity contribution in [1.82, 2.24) is 10.2 Å². The minimum Gasteiger partial charge on any atom is -0.368 e.